The van der Waals surface area contributed by atoms with Crippen molar-refractivity contribution in [2.24, 2.45) is 0 Å². The van der Waals surface area contributed by atoms with Gasteiger partial charge in [0.15, 0.2) is 5.69 Å². The number of halogens is 1. The first-order valence-electron chi connectivity index (χ1n) is 12.9. The highest BCUT2D eigenvalue weighted by molar-refractivity contribution is 7.92. The minimum absolute atomic E-state index is 0.0818. The Morgan fingerprint density at radius 2 is 1.79 bits per heavy atom. The molecular formula is C27H34FN5O4S+. The van der Waals surface area contributed by atoms with Gasteiger partial charge in [0, 0.05) is 20.1 Å². The van der Waals surface area contributed by atoms with Crippen LogP contribution in [0.5, 0.6) is 0 Å². The van der Waals surface area contributed by atoms with Crippen LogP contribution >= 0.6 is 0 Å². The van der Waals surface area contributed by atoms with Crippen molar-refractivity contribution in [3.63, 3.8) is 0 Å². The predicted molar refractivity (Wildman–Crippen MR) is 146 cm³/mol. The van der Waals surface area contributed by atoms with E-state index in [0.717, 1.165) is 35.7 Å². The van der Waals surface area contributed by atoms with Crippen LogP contribution in [0.25, 0.3) is 0 Å². The molecule has 1 amide bonds. The van der Waals surface area contributed by atoms with Gasteiger partial charge in [0.05, 0.1) is 24.2 Å². The molecule has 1 saturated heterocycles. The summed E-state index contributed by atoms with van der Waals surface area (Å²) in [5.41, 5.74) is 0.172. The first-order valence-corrected chi connectivity index (χ1v) is 14.3. The highest BCUT2D eigenvalue weighted by Gasteiger charge is 2.48. The lowest BCUT2D eigenvalue weighted by Gasteiger charge is -2.38. The fourth-order valence-corrected chi connectivity index (χ4v) is 5.92. The molecule has 2 aromatic rings. The number of quaternary nitrogens is 1. The van der Waals surface area contributed by atoms with Gasteiger partial charge >= 0.3 is 6.09 Å². The van der Waals surface area contributed by atoms with Crippen molar-refractivity contribution in [3.8, 4) is 0 Å². The van der Waals surface area contributed by atoms with Crippen molar-refractivity contribution in [1.82, 2.24) is 14.5 Å². The molecule has 1 aromatic carbocycles. The SMILES string of the molecule is CCN(CC)c1ncc(N(C)S(=O)(=O)c2ccc(F)cc2)c([N+]2(C(=O)OC3=CC[CH]C=C3)CCCCC2)n1. The van der Waals surface area contributed by atoms with Crippen LogP contribution in [-0.4, -0.2) is 57.7 Å². The largest absolute Gasteiger partial charge is 0.528 e. The number of anilines is 2. The Labute approximate surface area is 223 Å². The first-order chi connectivity index (χ1) is 18.2. The topological polar surface area (TPSA) is 92.7 Å². The van der Waals surface area contributed by atoms with Gasteiger partial charge in [-0.25, -0.2) is 17.8 Å². The molecule has 0 saturated carbocycles. The van der Waals surface area contributed by atoms with E-state index in [4.69, 9.17) is 9.72 Å². The zero-order valence-corrected chi connectivity index (χ0v) is 22.8. The van der Waals surface area contributed by atoms with E-state index in [0.29, 0.717) is 44.3 Å². The number of sulfonamides is 1. The smallest absolute Gasteiger partial charge is 0.381 e. The molecule has 1 fully saturated rings. The molecule has 38 heavy (non-hydrogen) atoms. The summed E-state index contributed by atoms with van der Waals surface area (Å²) in [6, 6.07) is 4.62. The molecule has 1 radical (unpaired) electrons. The lowest BCUT2D eigenvalue weighted by Crippen LogP contribution is -2.58. The number of likely N-dealkylation sites (tertiary alicyclic amines) is 1. The predicted octanol–water partition coefficient (Wildman–Crippen LogP) is 4.96. The maximum absolute atomic E-state index is 13.9. The summed E-state index contributed by atoms with van der Waals surface area (Å²) in [5.74, 6) is 0.589. The average molecular weight is 544 g/mol. The van der Waals surface area contributed by atoms with Gasteiger partial charge in [-0.15, -0.1) is 0 Å². The van der Waals surface area contributed by atoms with E-state index in [2.05, 4.69) is 4.98 Å². The number of nitrogens with zero attached hydrogens (tertiary/aromatic N) is 5. The van der Waals surface area contributed by atoms with Crippen molar-refractivity contribution in [3.05, 3.63) is 66.7 Å². The van der Waals surface area contributed by atoms with Gasteiger partial charge in [0.25, 0.3) is 15.8 Å². The molecule has 9 nitrogen and oxygen atoms in total. The summed E-state index contributed by atoms with van der Waals surface area (Å²) in [7, 11) is -2.71. The van der Waals surface area contributed by atoms with Crippen LogP contribution in [0.2, 0.25) is 0 Å². The van der Waals surface area contributed by atoms with Crippen molar-refractivity contribution >= 4 is 33.6 Å². The fourth-order valence-electron chi connectivity index (χ4n) is 4.74. The summed E-state index contributed by atoms with van der Waals surface area (Å²) in [6.45, 7) is 6.05. The van der Waals surface area contributed by atoms with Gasteiger partial charge < -0.3 is 9.64 Å². The Hall–Kier alpha value is -3.31. The van der Waals surface area contributed by atoms with Crippen LogP contribution in [0, 0.1) is 12.2 Å². The molecule has 0 unspecified atom stereocenters. The minimum Gasteiger partial charge on any atom is -0.381 e. The Morgan fingerprint density at radius 3 is 2.39 bits per heavy atom. The summed E-state index contributed by atoms with van der Waals surface area (Å²) in [6.07, 6.45) is 11.4. The van der Waals surface area contributed by atoms with Crippen LogP contribution in [0.4, 0.5) is 26.6 Å². The maximum atomic E-state index is 13.9. The van der Waals surface area contributed by atoms with Gasteiger partial charge in [0.2, 0.25) is 5.95 Å². The summed E-state index contributed by atoms with van der Waals surface area (Å²) < 4.78 is 47.4. The normalized spacial score (nSPS) is 17.0. The second kappa shape index (κ2) is 11.6. The summed E-state index contributed by atoms with van der Waals surface area (Å²) in [5, 5.41) is 0. The van der Waals surface area contributed by atoms with Crippen molar-refractivity contribution in [2.75, 3.05) is 42.4 Å². The average Bonchev–Trinajstić information content (AvgIpc) is 2.94. The molecule has 1 aliphatic heterocycles. The molecule has 0 spiro atoms. The van der Waals surface area contributed by atoms with Crippen molar-refractivity contribution in [1.29, 1.82) is 0 Å². The molecule has 2 aliphatic rings. The van der Waals surface area contributed by atoms with E-state index in [1.54, 1.807) is 6.08 Å². The molecule has 1 aliphatic carbocycles. The van der Waals surface area contributed by atoms with Crippen molar-refractivity contribution < 1.29 is 22.3 Å². The monoisotopic (exact) mass is 543 g/mol. The number of benzene rings is 1. The third kappa shape index (κ3) is 5.44. The van der Waals surface area contributed by atoms with Gasteiger partial charge in [-0.05, 0) is 82.4 Å². The highest BCUT2D eigenvalue weighted by atomic mass is 32.2. The third-order valence-corrected chi connectivity index (χ3v) is 8.77. The van der Waals surface area contributed by atoms with E-state index in [-0.39, 0.29) is 20.9 Å². The van der Waals surface area contributed by atoms with E-state index in [1.807, 2.05) is 37.3 Å². The number of carbonyl (C=O) groups is 1. The van der Waals surface area contributed by atoms with Crippen LogP contribution in [0.1, 0.15) is 39.5 Å². The zero-order valence-electron chi connectivity index (χ0n) is 22.0. The van der Waals surface area contributed by atoms with E-state index in [1.165, 1.54) is 25.4 Å². The number of aromatic nitrogens is 2. The summed E-state index contributed by atoms with van der Waals surface area (Å²) in [4.78, 5) is 25.1. The molecule has 11 heteroatoms. The molecule has 1 aromatic heterocycles. The summed E-state index contributed by atoms with van der Waals surface area (Å²) >= 11 is 0. The second-order valence-corrected chi connectivity index (χ2v) is 11.2. The number of ether oxygens (including phenoxy) is 1. The zero-order chi connectivity index (χ0) is 27.3. The lowest BCUT2D eigenvalue weighted by molar-refractivity contribution is 0.122. The molecule has 0 bridgehead atoms. The minimum atomic E-state index is -4.11. The molecule has 203 valence electrons. The van der Waals surface area contributed by atoms with Crippen LogP contribution in [0.3, 0.4) is 0 Å². The first kappa shape index (κ1) is 27.7. The number of rotatable bonds is 8. The number of hydrogen-bond acceptors (Lipinski definition) is 7. The van der Waals surface area contributed by atoms with E-state index in [9.17, 15) is 17.6 Å². The number of piperidine rings is 1. The fraction of sp³-hybridized carbons (Fsp3) is 0.407. The maximum Gasteiger partial charge on any atom is 0.528 e. The Kier molecular flexibility index (Phi) is 8.47. The second-order valence-electron chi connectivity index (χ2n) is 9.26. The van der Waals surface area contributed by atoms with Gasteiger partial charge in [-0.2, -0.15) is 14.3 Å². The Balaban J connectivity index is 1.87. The standard InChI is InChI=1S/C27H34FN5O4S/c1-4-32(5-2)26-29-20-24(31(3)38(35,36)23-16-14-21(28)15-17-23)25(30-26)33(18-10-7-11-19-33)27(34)37-22-12-8-6-9-13-22/h6,8,12-17,20H,4-5,7,9-11,18-19H2,1-3H3/q+1. The van der Waals surface area contributed by atoms with Gasteiger partial charge in [0.1, 0.15) is 11.6 Å². The molecule has 4 rings (SSSR count). The van der Waals surface area contributed by atoms with Crippen LogP contribution < -0.4 is 13.7 Å². The van der Waals surface area contributed by atoms with Gasteiger partial charge in [-0.3, -0.25) is 4.31 Å². The molecular weight excluding hydrogens is 509 g/mol. The number of allylic oxidation sites excluding steroid dienone is 3. The number of hydrogen-bond donors (Lipinski definition) is 0. The van der Waals surface area contributed by atoms with Crippen molar-refractivity contribution in [2.45, 2.75) is 44.4 Å². The molecule has 2 heterocycles. The number of carbonyl (C=O) groups excluding carboxylic acids is 1. The quantitative estimate of drug-likeness (QED) is 0.435. The Bertz CT molecular complexity index is 1320. The highest BCUT2D eigenvalue weighted by Crippen LogP contribution is 2.39. The molecule has 0 atom stereocenters. The van der Waals surface area contributed by atoms with Gasteiger partial charge in [-0.1, -0.05) is 6.08 Å². The van der Waals surface area contributed by atoms with Crippen LogP contribution in [0.15, 0.2) is 59.3 Å². The number of amides is 1. The third-order valence-electron chi connectivity index (χ3n) is 6.99. The molecule has 0 N–H and O–H groups in total. The van der Waals surface area contributed by atoms with Crippen LogP contribution in [-0.2, 0) is 14.8 Å². The Morgan fingerprint density at radius 1 is 1.11 bits per heavy atom. The van der Waals surface area contributed by atoms with E-state index < -0.39 is 21.9 Å². The lowest BCUT2D eigenvalue weighted by atomic mass is 10.1. The van der Waals surface area contributed by atoms with E-state index >= 15 is 0 Å².